The van der Waals surface area contributed by atoms with Crippen LogP contribution in [0.5, 0.6) is 0 Å². The van der Waals surface area contributed by atoms with Gasteiger partial charge in [-0.3, -0.25) is 0 Å². The monoisotopic (exact) mass is 318 g/mol. The number of nitrogens with zero attached hydrogens (tertiary/aromatic N) is 2. The third-order valence-electron chi connectivity index (χ3n) is 3.20. The predicted octanol–water partition coefficient (Wildman–Crippen LogP) is 2.97. The molecule has 1 unspecified atom stereocenters. The first-order valence-corrected chi connectivity index (χ1v) is 7.57. The summed E-state index contributed by atoms with van der Waals surface area (Å²) in [5.74, 6) is 0. The highest BCUT2D eigenvalue weighted by Gasteiger charge is 2.32. The molecule has 0 radical (unpaired) electrons. The van der Waals surface area contributed by atoms with E-state index >= 15 is 0 Å². The molecule has 1 aromatic carbocycles. The maximum Gasteiger partial charge on any atom is 0.416 e. The molecule has 2 aromatic rings. The van der Waals surface area contributed by atoms with E-state index in [1.165, 1.54) is 36.0 Å². The summed E-state index contributed by atoms with van der Waals surface area (Å²) >= 11 is 0. The van der Waals surface area contributed by atoms with E-state index in [9.17, 15) is 21.6 Å². The quantitative estimate of drug-likeness (QED) is 0.874. The molecule has 21 heavy (non-hydrogen) atoms. The van der Waals surface area contributed by atoms with Crippen molar-refractivity contribution >= 4 is 9.84 Å². The third kappa shape index (κ3) is 2.94. The third-order valence-corrected chi connectivity index (χ3v) is 5.31. The topological polar surface area (TPSA) is 52.0 Å². The van der Waals surface area contributed by atoms with Crippen LogP contribution >= 0.6 is 0 Å². The van der Waals surface area contributed by atoms with Crippen LogP contribution in [0.4, 0.5) is 13.2 Å². The van der Waals surface area contributed by atoms with E-state index in [0.29, 0.717) is 0 Å². The van der Waals surface area contributed by atoms with E-state index in [4.69, 9.17) is 0 Å². The van der Waals surface area contributed by atoms with Crippen molar-refractivity contribution in [2.45, 2.75) is 23.5 Å². The Hall–Kier alpha value is -1.83. The molecule has 0 amide bonds. The average molecular weight is 318 g/mol. The molecule has 0 bridgehead atoms. The molecular weight excluding hydrogens is 305 g/mol. The van der Waals surface area contributed by atoms with E-state index in [1.807, 2.05) is 0 Å². The van der Waals surface area contributed by atoms with Crippen LogP contribution in [0.3, 0.4) is 0 Å². The highest BCUT2D eigenvalue weighted by molar-refractivity contribution is 7.91. The Balaban J connectivity index is 2.37. The van der Waals surface area contributed by atoms with Gasteiger partial charge in [0.05, 0.1) is 10.8 Å². The number of rotatable bonds is 3. The largest absolute Gasteiger partial charge is 0.416 e. The van der Waals surface area contributed by atoms with E-state index in [-0.39, 0.29) is 10.7 Å². The zero-order valence-electron chi connectivity index (χ0n) is 11.3. The van der Waals surface area contributed by atoms with E-state index in [0.717, 1.165) is 12.1 Å². The van der Waals surface area contributed by atoms with Crippen molar-refractivity contribution in [3.63, 3.8) is 0 Å². The SMILES string of the molecule is CC(c1ccc(C(F)(F)F)cc1)S(=O)(=O)c1nccn1C. The minimum Gasteiger partial charge on any atom is -0.325 e. The summed E-state index contributed by atoms with van der Waals surface area (Å²) in [7, 11) is -2.22. The Bertz CT molecular complexity index is 734. The molecule has 0 N–H and O–H groups in total. The van der Waals surface area contributed by atoms with Gasteiger partial charge in [0.1, 0.15) is 0 Å². The Kier molecular flexibility index (Phi) is 3.83. The number of aryl methyl sites for hydroxylation is 1. The molecule has 0 spiro atoms. The molecule has 0 aliphatic rings. The van der Waals surface area contributed by atoms with Gasteiger partial charge in [0.15, 0.2) is 0 Å². The van der Waals surface area contributed by atoms with Crippen LogP contribution in [0.2, 0.25) is 0 Å². The lowest BCUT2D eigenvalue weighted by Crippen LogP contribution is -2.15. The van der Waals surface area contributed by atoms with Crippen molar-refractivity contribution in [1.29, 1.82) is 0 Å². The fraction of sp³-hybridized carbons (Fsp3) is 0.308. The molecule has 1 aromatic heterocycles. The maximum absolute atomic E-state index is 12.5. The summed E-state index contributed by atoms with van der Waals surface area (Å²) in [6.07, 6.45) is -1.60. The number of imidazole rings is 1. The minimum absolute atomic E-state index is 0.116. The molecule has 1 heterocycles. The Labute approximate surface area is 120 Å². The molecule has 0 fully saturated rings. The van der Waals surface area contributed by atoms with Crippen LogP contribution in [0.25, 0.3) is 0 Å². The molecular formula is C13H13F3N2O2S. The summed E-state index contributed by atoms with van der Waals surface area (Å²) in [4.78, 5) is 3.79. The van der Waals surface area contributed by atoms with Crippen molar-refractivity contribution in [3.05, 3.63) is 47.8 Å². The lowest BCUT2D eigenvalue weighted by molar-refractivity contribution is -0.137. The summed E-state index contributed by atoms with van der Waals surface area (Å²) in [5.41, 5.74) is -0.529. The molecule has 0 aliphatic carbocycles. The van der Waals surface area contributed by atoms with Gasteiger partial charge in [0.2, 0.25) is 15.0 Å². The van der Waals surface area contributed by atoms with Crippen LogP contribution in [-0.4, -0.2) is 18.0 Å². The van der Waals surface area contributed by atoms with E-state index < -0.39 is 26.8 Å². The Morgan fingerprint density at radius 3 is 2.19 bits per heavy atom. The zero-order chi connectivity index (χ0) is 15.8. The lowest BCUT2D eigenvalue weighted by atomic mass is 10.1. The van der Waals surface area contributed by atoms with Gasteiger partial charge in [-0.25, -0.2) is 13.4 Å². The summed E-state index contributed by atoms with van der Waals surface area (Å²) < 4.78 is 63.6. The highest BCUT2D eigenvalue weighted by atomic mass is 32.2. The summed E-state index contributed by atoms with van der Waals surface area (Å²) in [6, 6.07) is 4.10. The number of sulfone groups is 1. The van der Waals surface area contributed by atoms with Crippen LogP contribution in [-0.2, 0) is 23.1 Å². The second kappa shape index (κ2) is 5.18. The molecule has 0 saturated carbocycles. The second-order valence-electron chi connectivity index (χ2n) is 4.63. The number of benzene rings is 1. The number of aromatic nitrogens is 2. The van der Waals surface area contributed by atoms with Gasteiger partial charge in [-0.05, 0) is 24.6 Å². The Morgan fingerprint density at radius 2 is 1.76 bits per heavy atom. The highest BCUT2D eigenvalue weighted by Crippen LogP contribution is 2.32. The molecule has 4 nitrogen and oxygen atoms in total. The second-order valence-corrected chi connectivity index (χ2v) is 6.79. The first-order valence-electron chi connectivity index (χ1n) is 6.02. The van der Waals surface area contributed by atoms with Gasteiger partial charge in [-0.15, -0.1) is 0 Å². The molecule has 0 saturated heterocycles. The van der Waals surface area contributed by atoms with E-state index in [1.54, 1.807) is 7.05 Å². The van der Waals surface area contributed by atoms with Gasteiger partial charge < -0.3 is 4.57 Å². The fourth-order valence-corrected chi connectivity index (χ4v) is 3.41. The Morgan fingerprint density at radius 1 is 1.19 bits per heavy atom. The fourth-order valence-electron chi connectivity index (χ4n) is 1.91. The van der Waals surface area contributed by atoms with Crippen molar-refractivity contribution < 1.29 is 21.6 Å². The van der Waals surface area contributed by atoms with Crippen LogP contribution < -0.4 is 0 Å². The summed E-state index contributed by atoms with van der Waals surface area (Å²) in [6.45, 7) is 1.42. The summed E-state index contributed by atoms with van der Waals surface area (Å²) in [5, 5.41) is -1.10. The van der Waals surface area contributed by atoms with Gasteiger partial charge in [0, 0.05) is 19.4 Å². The smallest absolute Gasteiger partial charge is 0.325 e. The molecule has 0 aliphatic heterocycles. The van der Waals surface area contributed by atoms with Crippen LogP contribution in [0.15, 0.2) is 41.8 Å². The normalized spacial score (nSPS) is 14.1. The number of alkyl halides is 3. The van der Waals surface area contributed by atoms with Gasteiger partial charge >= 0.3 is 6.18 Å². The number of halogens is 3. The number of hydrogen-bond acceptors (Lipinski definition) is 3. The lowest BCUT2D eigenvalue weighted by Gasteiger charge is -2.14. The van der Waals surface area contributed by atoms with Crippen LogP contribution in [0, 0.1) is 0 Å². The molecule has 8 heteroatoms. The standard InChI is InChI=1S/C13H13F3N2O2S/c1-9(21(19,20)12-17-7-8-18(12)2)10-3-5-11(6-4-10)13(14,15)16/h3-9H,1-2H3. The zero-order valence-corrected chi connectivity index (χ0v) is 12.1. The van der Waals surface area contributed by atoms with Gasteiger partial charge in [-0.2, -0.15) is 13.2 Å². The van der Waals surface area contributed by atoms with Crippen molar-refractivity contribution in [2.75, 3.05) is 0 Å². The maximum atomic E-state index is 12.5. The van der Waals surface area contributed by atoms with E-state index in [2.05, 4.69) is 4.98 Å². The molecule has 2 rings (SSSR count). The van der Waals surface area contributed by atoms with Crippen molar-refractivity contribution in [2.24, 2.45) is 7.05 Å². The van der Waals surface area contributed by atoms with Crippen molar-refractivity contribution in [1.82, 2.24) is 9.55 Å². The molecule has 114 valence electrons. The van der Waals surface area contributed by atoms with Gasteiger partial charge in [0.25, 0.3) is 0 Å². The number of hydrogen-bond donors (Lipinski definition) is 0. The first kappa shape index (κ1) is 15.6. The predicted molar refractivity (Wildman–Crippen MR) is 70.3 cm³/mol. The average Bonchev–Trinajstić information content (AvgIpc) is 2.84. The molecule has 1 atom stereocenters. The van der Waals surface area contributed by atoms with Crippen LogP contribution in [0.1, 0.15) is 23.3 Å². The van der Waals surface area contributed by atoms with Crippen molar-refractivity contribution in [3.8, 4) is 0 Å². The minimum atomic E-state index is -4.44. The van der Waals surface area contributed by atoms with Gasteiger partial charge in [-0.1, -0.05) is 12.1 Å². The first-order chi connectivity index (χ1) is 9.64.